The number of hydrogen-bond acceptors (Lipinski definition) is 4. The lowest BCUT2D eigenvalue weighted by Crippen LogP contribution is -2.56. The molecule has 2 saturated heterocycles. The van der Waals surface area contributed by atoms with Crippen molar-refractivity contribution in [3.05, 3.63) is 0 Å². The first kappa shape index (κ1) is 16.6. The number of piperidine rings is 1. The average Bonchev–Trinajstić information content (AvgIpc) is 2.72. The number of thioether (sulfide) groups is 1. The summed E-state index contributed by atoms with van der Waals surface area (Å²) >= 11 is 1.75. The summed E-state index contributed by atoms with van der Waals surface area (Å²) in [6.07, 6.45) is 4.98. The zero-order valence-corrected chi connectivity index (χ0v) is 14.0. The molecule has 0 aromatic rings. The van der Waals surface area contributed by atoms with Crippen LogP contribution < -0.4 is 10.6 Å². The van der Waals surface area contributed by atoms with Gasteiger partial charge in [-0.2, -0.15) is 11.8 Å². The summed E-state index contributed by atoms with van der Waals surface area (Å²) in [7, 11) is 0. The highest BCUT2D eigenvalue weighted by molar-refractivity contribution is 7.98. The first-order chi connectivity index (χ1) is 9.96. The van der Waals surface area contributed by atoms with Crippen molar-refractivity contribution in [2.75, 3.05) is 25.1 Å². The van der Waals surface area contributed by atoms with Crippen molar-refractivity contribution in [2.45, 2.75) is 51.2 Å². The van der Waals surface area contributed by atoms with Gasteiger partial charge in [-0.1, -0.05) is 13.8 Å². The Morgan fingerprint density at radius 1 is 1.48 bits per heavy atom. The van der Waals surface area contributed by atoms with E-state index in [1.807, 2.05) is 11.2 Å². The van der Waals surface area contributed by atoms with E-state index in [2.05, 4.69) is 24.5 Å². The van der Waals surface area contributed by atoms with Gasteiger partial charge in [0.15, 0.2) is 0 Å². The molecule has 2 rings (SSSR count). The predicted molar refractivity (Wildman–Crippen MR) is 85.1 cm³/mol. The first-order valence-corrected chi connectivity index (χ1v) is 9.16. The summed E-state index contributed by atoms with van der Waals surface area (Å²) in [4.78, 5) is 26.0. The Balaban J connectivity index is 1.86. The van der Waals surface area contributed by atoms with Gasteiger partial charge < -0.3 is 4.90 Å². The number of carbonyl (C=O) groups is 2. The SMILES string of the molecule is CSCCC1NC2(CCN(C(=O)CC(C)C)CC2)[N]C1=O. The molecule has 6 heteroatoms. The van der Waals surface area contributed by atoms with Gasteiger partial charge in [0.25, 0.3) is 5.91 Å². The second-order valence-electron chi connectivity index (χ2n) is 6.44. The number of rotatable bonds is 5. The van der Waals surface area contributed by atoms with Crippen molar-refractivity contribution in [1.29, 1.82) is 0 Å². The molecular formula is C15H26N3O2S. The molecule has 5 nitrogen and oxygen atoms in total. The van der Waals surface area contributed by atoms with E-state index in [9.17, 15) is 9.59 Å². The fourth-order valence-corrected chi connectivity index (χ4v) is 3.47. The Labute approximate surface area is 131 Å². The van der Waals surface area contributed by atoms with Gasteiger partial charge in [-0.3, -0.25) is 14.9 Å². The Kier molecular flexibility index (Phi) is 5.54. The Morgan fingerprint density at radius 2 is 2.14 bits per heavy atom. The minimum atomic E-state index is -0.408. The van der Waals surface area contributed by atoms with Crippen LogP contribution in [0.3, 0.4) is 0 Å². The summed E-state index contributed by atoms with van der Waals surface area (Å²) in [5, 5.41) is 7.79. The van der Waals surface area contributed by atoms with Crippen LogP contribution in [0.2, 0.25) is 0 Å². The van der Waals surface area contributed by atoms with Crippen molar-refractivity contribution in [3.8, 4) is 0 Å². The van der Waals surface area contributed by atoms with E-state index in [0.717, 1.165) is 25.0 Å². The third-order valence-electron chi connectivity index (χ3n) is 4.20. The minimum absolute atomic E-state index is 0.00833. The molecule has 0 saturated carbocycles. The summed E-state index contributed by atoms with van der Waals surface area (Å²) in [6, 6.07) is -0.129. The average molecular weight is 312 g/mol. The molecule has 2 amide bonds. The summed E-state index contributed by atoms with van der Waals surface area (Å²) in [5.41, 5.74) is -0.408. The van der Waals surface area contributed by atoms with E-state index in [1.54, 1.807) is 11.8 Å². The second-order valence-corrected chi connectivity index (χ2v) is 7.42. The van der Waals surface area contributed by atoms with Crippen LogP contribution >= 0.6 is 11.8 Å². The topological polar surface area (TPSA) is 63.5 Å². The number of likely N-dealkylation sites (tertiary alicyclic amines) is 1. The molecule has 1 spiro atoms. The zero-order chi connectivity index (χ0) is 15.5. The molecule has 2 aliphatic rings. The molecule has 0 aliphatic carbocycles. The van der Waals surface area contributed by atoms with Gasteiger partial charge in [0.2, 0.25) is 5.91 Å². The molecule has 1 atom stereocenters. The molecule has 0 bridgehead atoms. The van der Waals surface area contributed by atoms with Gasteiger partial charge in [0.1, 0.15) is 5.66 Å². The largest absolute Gasteiger partial charge is 0.342 e. The molecule has 1 radical (unpaired) electrons. The van der Waals surface area contributed by atoms with Crippen molar-refractivity contribution in [2.24, 2.45) is 5.92 Å². The summed E-state index contributed by atoms with van der Waals surface area (Å²) in [6.45, 7) is 5.52. The maximum Gasteiger partial charge on any atom is 0.260 e. The van der Waals surface area contributed by atoms with Crippen LogP contribution in [0.25, 0.3) is 0 Å². The lowest BCUT2D eigenvalue weighted by atomic mass is 9.96. The maximum absolute atomic E-state index is 12.1. The quantitative estimate of drug-likeness (QED) is 0.829. The molecule has 0 aromatic heterocycles. The molecular weight excluding hydrogens is 286 g/mol. The number of amides is 2. The molecule has 119 valence electrons. The van der Waals surface area contributed by atoms with Gasteiger partial charge in [0.05, 0.1) is 6.04 Å². The molecule has 0 aromatic carbocycles. The van der Waals surface area contributed by atoms with Crippen LogP contribution in [0.15, 0.2) is 0 Å². The lowest BCUT2D eigenvalue weighted by molar-refractivity contribution is -0.133. The van der Waals surface area contributed by atoms with Gasteiger partial charge in [-0.25, -0.2) is 5.32 Å². The third kappa shape index (κ3) is 4.13. The lowest BCUT2D eigenvalue weighted by Gasteiger charge is -2.38. The highest BCUT2D eigenvalue weighted by Crippen LogP contribution is 2.27. The van der Waals surface area contributed by atoms with E-state index < -0.39 is 5.66 Å². The molecule has 2 fully saturated rings. The van der Waals surface area contributed by atoms with Crippen LogP contribution in [-0.4, -0.2) is 53.5 Å². The van der Waals surface area contributed by atoms with E-state index in [1.165, 1.54) is 0 Å². The molecule has 21 heavy (non-hydrogen) atoms. The fourth-order valence-electron chi connectivity index (χ4n) is 3.00. The Morgan fingerprint density at radius 3 is 2.71 bits per heavy atom. The van der Waals surface area contributed by atoms with Crippen molar-refractivity contribution in [3.63, 3.8) is 0 Å². The third-order valence-corrected chi connectivity index (χ3v) is 4.85. The van der Waals surface area contributed by atoms with Gasteiger partial charge >= 0.3 is 0 Å². The monoisotopic (exact) mass is 312 g/mol. The van der Waals surface area contributed by atoms with E-state index in [0.29, 0.717) is 25.4 Å². The Hall–Kier alpha value is -0.750. The van der Waals surface area contributed by atoms with Crippen LogP contribution in [0.5, 0.6) is 0 Å². The van der Waals surface area contributed by atoms with E-state index >= 15 is 0 Å². The van der Waals surface area contributed by atoms with Gasteiger partial charge in [0, 0.05) is 32.4 Å². The number of carbonyl (C=O) groups excluding carboxylic acids is 2. The molecule has 2 heterocycles. The van der Waals surface area contributed by atoms with Gasteiger partial charge in [-0.05, 0) is 24.3 Å². The summed E-state index contributed by atoms with van der Waals surface area (Å²) in [5.74, 6) is 1.57. The Bertz CT molecular complexity index is 392. The van der Waals surface area contributed by atoms with Crippen LogP contribution in [0.1, 0.15) is 39.5 Å². The highest BCUT2D eigenvalue weighted by atomic mass is 32.2. The number of nitrogens with zero attached hydrogens (tertiary/aromatic N) is 2. The molecule has 2 aliphatic heterocycles. The second kappa shape index (κ2) is 7.01. The van der Waals surface area contributed by atoms with Crippen LogP contribution in [0.4, 0.5) is 0 Å². The molecule has 1 unspecified atom stereocenters. The van der Waals surface area contributed by atoms with E-state index in [4.69, 9.17) is 0 Å². The van der Waals surface area contributed by atoms with Gasteiger partial charge in [-0.15, -0.1) is 0 Å². The van der Waals surface area contributed by atoms with Crippen LogP contribution in [-0.2, 0) is 9.59 Å². The van der Waals surface area contributed by atoms with E-state index in [-0.39, 0.29) is 17.9 Å². The summed E-state index contributed by atoms with van der Waals surface area (Å²) < 4.78 is 0. The maximum atomic E-state index is 12.1. The predicted octanol–water partition coefficient (Wildman–Crippen LogP) is 1.21. The number of hydrogen-bond donors (Lipinski definition) is 1. The standard InChI is InChI=1S/C15H26N3O2S/c1-11(2)10-13(19)18-7-5-15(6-8-18)16-12(4-9-21-3)14(20)17-15/h11-12,16H,4-10H2,1-3H3. The van der Waals surface area contributed by atoms with Crippen molar-refractivity contribution < 1.29 is 9.59 Å². The first-order valence-electron chi connectivity index (χ1n) is 7.77. The van der Waals surface area contributed by atoms with Crippen molar-refractivity contribution >= 4 is 23.6 Å². The van der Waals surface area contributed by atoms with Crippen molar-refractivity contribution in [1.82, 2.24) is 15.5 Å². The molecule has 1 N–H and O–H groups in total. The highest BCUT2D eigenvalue weighted by Gasteiger charge is 2.47. The number of nitrogens with one attached hydrogen (secondary N) is 1. The minimum Gasteiger partial charge on any atom is -0.342 e. The van der Waals surface area contributed by atoms with Crippen LogP contribution in [0, 0.1) is 5.92 Å². The smallest absolute Gasteiger partial charge is 0.260 e. The zero-order valence-electron chi connectivity index (χ0n) is 13.2. The normalized spacial score (nSPS) is 24.7. The fraction of sp³-hybridized carbons (Fsp3) is 0.867.